The molecule has 0 saturated carbocycles. The van der Waals surface area contributed by atoms with Crippen molar-refractivity contribution in [2.45, 2.75) is 13.3 Å². The number of para-hydroxylation sites is 1. The van der Waals surface area contributed by atoms with Crippen LogP contribution in [-0.2, 0) is 4.79 Å². The standard InChI is InChI=1S/C19H21ClN4O3/c1-2-17(25)23-14-9-7-13(8-10-14)18(26)21-11-12-22-19(27)24-16-6-4-3-5-15(16)20/h3-10H,2,11-12H2,1H3,(H,21,26)(H,23,25)(H2,22,24,27). The number of hydrogen-bond donors (Lipinski definition) is 4. The molecule has 0 aliphatic rings. The van der Waals surface area contributed by atoms with Crippen LogP contribution in [0.5, 0.6) is 0 Å². The first kappa shape index (κ1) is 20.3. The molecule has 4 N–H and O–H groups in total. The van der Waals surface area contributed by atoms with Crippen molar-refractivity contribution in [3.63, 3.8) is 0 Å². The summed E-state index contributed by atoms with van der Waals surface area (Å²) in [6, 6.07) is 13.1. The Morgan fingerprint density at radius 2 is 1.56 bits per heavy atom. The van der Waals surface area contributed by atoms with Crippen molar-refractivity contribution in [2.75, 3.05) is 23.7 Å². The lowest BCUT2D eigenvalue weighted by atomic mass is 10.2. The lowest BCUT2D eigenvalue weighted by Gasteiger charge is -2.10. The Morgan fingerprint density at radius 3 is 2.22 bits per heavy atom. The van der Waals surface area contributed by atoms with Gasteiger partial charge in [-0.05, 0) is 36.4 Å². The summed E-state index contributed by atoms with van der Waals surface area (Å²) in [6.45, 7) is 2.29. The molecule has 142 valence electrons. The van der Waals surface area contributed by atoms with E-state index in [-0.39, 0.29) is 24.9 Å². The van der Waals surface area contributed by atoms with E-state index in [0.717, 1.165) is 0 Å². The first-order valence-corrected chi connectivity index (χ1v) is 8.85. The summed E-state index contributed by atoms with van der Waals surface area (Å²) in [6.07, 6.45) is 0.388. The number of hydrogen-bond acceptors (Lipinski definition) is 3. The zero-order valence-electron chi connectivity index (χ0n) is 14.8. The molecule has 0 aliphatic carbocycles. The molecule has 0 unspecified atom stereocenters. The second-order valence-corrected chi connectivity index (χ2v) is 6.00. The van der Waals surface area contributed by atoms with E-state index in [1.165, 1.54) is 0 Å². The largest absolute Gasteiger partial charge is 0.350 e. The molecule has 0 aromatic heterocycles. The second-order valence-electron chi connectivity index (χ2n) is 5.60. The van der Waals surface area contributed by atoms with E-state index in [1.54, 1.807) is 55.5 Å². The fourth-order valence-corrected chi connectivity index (χ4v) is 2.32. The van der Waals surface area contributed by atoms with E-state index < -0.39 is 6.03 Å². The van der Waals surface area contributed by atoms with Crippen molar-refractivity contribution >= 4 is 40.8 Å². The normalized spacial score (nSPS) is 10.0. The summed E-state index contributed by atoms with van der Waals surface area (Å²) in [4.78, 5) is 35.2. The average Bonchev–Trinajstić information content (AvgIpc) is 2.67. The molecule has 27 heavy (non-hydrogen) atoms. The molecule has 2 aromatic carbocycles. The Bertz CT molecular complexity index is 809. The predicted octanol–water partition coefficient (Wildman–Crippen LogP) is 3.24. The number of anilines is 2. The first-order valence-electron chi connectivity index (χ1n) is 8.47. The van der Waals surface area contributed by atoms with Gasteiger partial charge in [-0.15, -0.1) is 0 Å². The summed E-state index contributed by atoms with van der Waals surface area (Å²) in [5, 5.41) is 11.1. The van der Waals surface area contributed by atoms with E-state index >= 15 is 0 Å². The van der Waals surface area contributed by atoms with E-state index in [4.69, 9.17) is 11.6 Å². The highest BCUT2D eigenvalue weighted by Gasteiger charge is 2.07. The first-order chi connectivity index (χ1) is 13.0. The van der Waals surface area contributed by atoms with E-state index in [1.807, 2.05) is 0 Å². The number of nitrogens with one attached hydrogen (secondary N) is 4. The number of carbonyl (C=O) groups is 3. The van der Waals surface area contributed by atoms with E-state index in [0.29, 0.717) is 28.4 Å². The summed E-state index contributed by atoms with van der Waals surface area (Å²) in [7, 11) is 0. The highest BCUT2D eigenvalue weighted by molar-refractivity contribution is 6.33. The van der Waals surface area contributed by atoms with Crippen LogP contribution in [0.1, 0.15) is 23.7 Å². The number of rotatable bonds is 7. The summed E-state index contributed by atoms with van der Waals surface area (Å²) >= 11 is 5.96. The van der Waals surface area contributed by atoms with Crippen molar-refractivity contribution < 1.29 is 14.4 Å². The van der Waals surface area contributed by atoms with Crippen molar-refractivity contribution in [1.29, 1.82) is 0 Å². The smallest absolute Gasteiger partial charge is 0.319 e. The zero-order chi connectivity index (χ0) is 19.6. The van der Waals surface area contributed by atoms with Crippen LogP contribution in [0.2, 0.25) is 5.02 Å². The van der Waals surface area contributed by atoms with Crippen LogP contribution in [-0.4, -0.2) is 30.9 Å². The van der Waals surface area contributed by atoms with Gasteiger partial charge in [0.1, 0.15) is 0 Å². The van der Waals surface area contributed by atoms with Gasteiger partial charge in [-0.25, -0.2) is 4.79 Å². The molecule has 7 nitrogen and oxygen atoms in total. The monoisotopic (exact) mass is 388 g/mol. The maximum atomic E-state index is 12.1. The Morgan fingerprint density at radius 1 is 0.889 bits per heavy atom. The molecule has 4 amide bonds. The van der Waals surface area contributed by atoms with Crippen LogP contribution in [0.15, 0.2) is 48.5 Å². The summed E-state index contributed by atoms with van der Waals surface area (Å²) in [5.41, 5.74) is 1.61. The third-order valence-electron chi connectivity index (χ3n) is 3.57. The number of benzene rings is 2. The van der Waals surface area contributed by atoms with Gasteiger partial charge in [0.2, 0.25) is 5.91 Å². The molecule has 0 bridgehead atoms. The Balaban J connectivity index is 1.72. The van der Waals surface area contributed by atoms with Crippen molar-refractivity contribution in [3.8, 4) is 0 Å². The molecule has 0 fully saturated rings. The highest BCUT2D eigenvalue weighted by Crippen LogP contribution is 2.19. The topological polar surface area (TPSA) is 99.3 Å². The fourth-order valence-electron chi connectivity index (χ4n) is 2.14. The third kappa shape index (κ3) is 6.63. The van der Waals surface area contributed by atoms with Gasteiger partial charge in [0.25, 0.3) is 5.91 Å². The molecule has 2 rings (SSSR count). The number of urea groups is 1. The number of carbonyl (C=O) groups excluding carboxylic acids is 3. The van der Waals surface area contributed by atoms with Gasteiger partial charge in [0, 0.05) is 30.8 Å². The predicted molar refractivity (Wildman–Crippen MR) is 106 cm³/mol. The van der Waals surface area contributed by atoms with Crippen LogP contribution >= 0.6 is 11.6 Å². The van der Waals surface area contributed by atoms with Crippen molar-refractivity contribution in [1.82, 2.24) is 10.6 Å². The zero-order valence-corrected chi connectivity index (χ0v) is 15.6. The lowest BCUT2D eigenvalue weighted by molar-refractivity contribution is -0.115. The van der Waals surface area contributed by atoms with Crippen LogP contribution in [0.3, 0.4) is 0 Å². The molecule has 8 heteroatoms. The second kappa shape index (κ2) is 10.2. The molecule has 0 heterocycles. The van der Waals surface area contributed by atoms with Crippen LogP contribution < -0.4 is 21.3 Å². The SMILES string of the molecule is CCC(=O)Nc1ccc(C(=O)NCCNC(=O)Nc2ccccc2Cl)cc1. The molecule has 0 radical (unpaired) electrons. The summed E-state index contributed by atoms with van der Waals surface area (Å²) < 4.78 is 0. The van der Waals surface area contributed by atoms with Gasteiger partial charge in [0.15, 0.2) is 0 Å². The molecule has 0 atom stereocenters. The molecule has 0 saturated heterocycles. The van der Waals surface area contributed by atoms with Gasteiger partial charge >= 0.3 is 6.03 Å². The van der Waals surface area contributed by atoms with Gasteiger partial charge in [0.05, 0.1) is 10.7 Å². The maximum absolute atomic E-state index is 12.1. The van der Waals surface area contributed by atoms with Crippen LogP contribution in [0, 0.1) is 0 Å². The van der Waals surface area contributed by atoms with E-state index in [2.05, 4.69) is 21.3 Å². The molecular formula is C19H21ClN4O3. The molecule has 2 aromatic rings. The average molecular weight is 389 g/mol. The Labute approximate surface area is 162 Å². The van der Waals surface area contributed by atoms with Gasteiger partial charge in [-0.2, -0.15) is 0 Å². The fraction of sp³-hybridized carbons (Fsp3) is 0.211. The highest BCUT2D eigenvalue weighted by atomic mass is 35.5. The third-order valence-corrected chi connectivity index (χ3v) is 3.90. The Kier molecular flexibility index (Phi) is 7.63. The maximum Gasteiger partial charge on any atom is 0.319 e. The number of amides is 4. The van der Waals surface area contributed by atoms with Crippen LogP contribution in [0.4, 0.5) is 16.2 Å². The number of halogens is 1. The quantitative estimate of drug-likeness (QED) is 0.548. The minimum absolute atomic E-state index is 0.0895. The molecular weight excluding hydrogens is 368 g/mol. The van der Waals surface area contributed by atoms with Gasteiger partial charge in [-0.1, -0.05) is 30.7 Å². The summed E-state index contributed by atoms with van der Waals surface area (Å²) in [5.74, 6) is -0.356. The minimum Gasteiger partial charge on any atom is -0.350 e. The van der Waals surface area contributed by atoms with E-state index in [9.17, 15) is 14.4 Å². The Hall–Kier alpha value is -3.06. The molecule has 0 spiro atoms. The minimum atomic E-state index is -0.409. The molecule has 0 aliphatic heterocycles. The van der Waals surface area contributed by atoms with Gasteiger partial charge in [-0.3, -0.25) is 9.59 Å². The lowest BCUT2D eigenvalue weighted by Crippen LogP contribution is -2.36. The van der Waals surface area contributed by atoms with Crippen molar-refractivity contribution in [3.05, 3.63) is 59.1 Å². The van der Waals surface area contributed by atoms with Crippen molar-refractivity contribution in [2.24, 2.45) is 0 Å². The van der Waals surface area contributed by atoms with Gasteiger partial charge < -0.3 is 21.3 Å². The van der Waals surface area contributed by atoms with Crippen LogP contribution in [0.25, 0.3) is 0 Å².